The van der Waals surface area contributed by atoms with Gasteiger partial charge >= 0.3 is 5.82 Å². The van der Waals surface area contributed by atoms with Crippen LogP contribution in [-0.4, -0.2) is 0 Å². The lowest BCUT2D eigenvalue weighted by molar-refractivity contribution is 0.385. The van der Waals surface area contributed by atoms with Crippen LogP contribution in [0.4, 0.5) is 0 Å². The number of hydrogen-bond acceptors (Lipinski definition) is 3. The van der Waals surface area contributed by atoms with Crippen LogP contribution in [0.15, 0.2) is 63.6 Å². The number of hydrogen-bond donors (Lipinski definition) is 0. The van der Waals surface area contributed by atoms with Crippen LogP contribution in [-0.2, 0) is 0 Å². The standard InChI is InChI=1S/C10H10.C3H2O3/c1-3-9-7-5-6-8-10(9)4-2;4-3-5-1-2-6-3/h3-8H,1-2H2;1-2H. The van der Waals surface area contributed by atoms with Crippen molar-refractivity contribution in [2.45, 2.75) is 0 Å². The van der Waals surface area contributed by atoms with Gasteiger partial charge in [0.2, 0.25) is 0 Å². The molecule has 0 saturated heterocycles. The first-order chi connectivity index (χ1) is 7.77. The van der Waals surface area contributed by atoms with Crippen molar-refractivity contribution in [2.24, 2.45) is 0 Å². The van der Waals surface area contributed by atoms with Crippen molar-refractivity contribution in [3.63, 3.8) is 0 Å². The summed E-state index contributed by atoms with van der Waals surface area (Å²) in [5.41, 5.74) is 2.27. The summed E-state index contributed by atoms with van der Waals surface area (Å²) in [4.78, 5) is 9.74. The first-order valence-corrected chi connectivity index (χ1v) is 4.64. The normalized spacial score (nSPS) is 8.75. The van der Waals surface area contributed by atoms with E-state index < -0.39 is 5.82 Å². The molecule has 0 unspecified atom stereocenters. The number of benzene rings is 1. The molecule has 0 spiro atoms. The van der Waals surface area contributed by atoms with E-state index in [2.05, 4.69) is 22.0 Å². The molecule has 1 aromatic carbocycles. The van der Waals surface area contributed by atoms with E-state index in [0.717, 1.165) is 11.1 Å². The lowest BCUT2D eigenvalue weighted by Crippen LogP contribution is -1.83. The lowest BCUT2D eigenvalue weighted by atomic mass is 10.1. The Balaban J connectivity index is 0.000000181. The SMILES string of the molecule is C=Cc1ccccc1C=C.O=c1occo1. The molecular formula is C13H12O3. The van der Waals surface area contributed by atoms with Gasteiger partial charge in [0.15, 0.2) is 0 Å². The number of rotatable bonds is 2. The van der Waals surface area contributed by atoms with Gasteiger partial charge in [-0.1, -0.05) is 49.6 Å². The van der Waals surface area contributed by atoms with Crippen molar-refractivity contribution in [3.05, 3.63) is 71.7 Å². The van der Waals surface area contributed by atoms with E-state index in [4.69, 9.17) is 0 Å². The van der Waals surface area contributed by atoms with Gasteiger partial charge in [0.05, 0.1) is 0 Å². The summed E-state index contributed by atoms with van der Waals surface area (Å²) in [6.07, 6.45) is 6.03. The molecule has 0 aliphatic carbocycles. The van der Waals surface area contributed by atoms with Crippen molar-refractivity contribution in [2.75, 3.05) is 0 Å². The summed E-state index contributed by atoms with van der Waals surface area (Å²) in [7, 11) is 0. The fourth-order valence-corrected chi connectivity index (χ4v) is 1.08. The molecule has 2 aromatic rings. The third kappa shape index (κ3) is 3.46. The van der Waals surface area contributed by atoms with Gasteiger partial charge in [-0.15, -0.1) is 0 Å². The molecule has 2 rings (SSSR count). The van der Waals surface area contributed by atoms with Gasteiger partial charge in [-0.05, 0) is 11.1 Å². The summed E-state index contributed by atoms with van der Waals surface area (Å²) in [6.45, 7) is 7.38. The van der Waals surface area contributed by atoms with Gasteiger partial charge < -0.3 is 8.83 Å². The Morgan fingerprint density at radius 2 is 1.38 bits per heavy atom. The Hall–Kier alpha value is -2.29. The maximum atomic E-state index is 9.74. The predicted molar refractivity (Wildman–Crippen MR) is 63.9 cm³/mol. The topological polar surface area (TPSA) is 43.4 Å². The minimum Gasteiger partial charge on any atom is -0.399 e. The van der Waals surface area contributed by atoms with Crippen LogP contribution < -0.4 is 5.82 Å². The highest BCUT2D eigenvalue weighted by molar-refractivity contribution is 5.63. The Labute approximate surface area is 93.3 Å². The minimum atomic E-state index is -0.657. The second-order valence-electron chi connectivity index (χ2n) is 2.80. The average Bonchev–Trinajstić information content (AvgIpc) is 2.81. The van der Waals surface area contributed by atoms with Crippen molar-refractivity contribution in [1.82, 2.24) is 0 Å². The van der Waals surface area contributed by atoms with E-state index in [9.17, 15) is 4.79 Å². The largest absolute Gasteiger partial charge is 0.518 e. The summed E-state index contributed by atoms with van der Waals surface area (Å²) >= 11 is 0. The van der Waals surface area contributed by atoms with Gasteiger partial charge in [-0.2, -0.15) is 0 Å². The van der Waals surface area contributed by atoms with E-state index >= 15 is 0 Å². The zero-order chi connectivity index (χ0) is 11.8. The molecule has 0 radical (unpaired) electrons. The molecule has 0 atom stereocenters. The van der Waals surface area contributed by atoms with Gasteiger partial charge in [-0.25, -0.2) is 4.79 Å². The Morgan fingerprint density at radius 3 is 1.62 bits per heavy atom. The van der Waals surface area contributed by atoms with Crippen LogP contribution in [0.5, 0.6) is 0 Å². The Kier molecular flexibility index (Phi) is 4.60. The maximum absolute atomic E-state index is 9.74. The van der Waals surface area contributed by atoms with Crippen LogP contribution in [0.1, 0.15) is 11.1 Å². The van der Waals surface area contributed by atoms with E-state index in [1.54, 1.807) is 0 Å². The minimum absolute atomic E-state index is 0.657. The highest BCUT2D eigenvalue weighted by Gasteiger charge is 1.89. The molecule has 3 heteroatoms. The molecule has 0 amide bonds. The Morgan fingerprint density at radius 1 is 0.938 bits per heavy atom. The molecule has 0 saturated carbocycles. The maximum Gasteiger partial charge on any atom is 0.518 e. The Bertz CT molecular complexity index is 462. The van der Waals surface area contributed by atoms with E-state index in [1.807, 2.05) is 36.4 Å². The first-order valence-electron chi connectivity index (χ1n) is 4.64. The van der Waals surface area contributed by atoms with Crippen molar-refractivity contribution < 1.29 is 8.83 Å². The van der Waals surface area contributed by atoms with Crippen LogP contribution in [0, 0.1) is 0 Å². The van der Waals surface area contributed by atoms with Crippen molar-refractivity contribution in [1.29, 1.82) is 0 Å². The lowest BCUT2D eigenvalue weighted by Gasteiger charge is -1.96. The second-order valence-corrected chi connectivity index (χ2v) is 2.80. The molecule has 1 heterocycles. The fourth-order valence-electron chi connectivity index (χ4n) is 1.08. The summed E-state index contributed by atoms with van der Waals surface area (Å²) in [5.74, 6) is -0.657. The smallest absolute Gasteiger partial charge is 0.399 e. The monoisotopic (exact) mass is 216 g/mol. The molecule has 0 aliphatic heterocycles. The molecule has 0 aliphatic rings. The van der Waals surface area contributed by atoms with Crippen LogP contribution in [0.25, 0.3) is 12.2 Å². The molecule has 0 N–H and O–H groups in total. The first kappa shape index (κ1) is 11.8. The van der Waals surface area contributed by atoms with Crippen LogP contribution in [0.2, 0.25) is 0 Å². The highest BCUT2D eigenvalue weighted by Crippen LogP contribution is 2.10. The third-order valence-corrected chi connectivity index (χ3v) is 1.82. The van der Waals surface area contributed by atoms with Crippen LogP contribution in [0.3, 0.4) is 0 Å². The summed E-state index contributed by atoms with van der Waals surface area (Å²) in [6, 6.07) is 8.02. The second kappa shape index (κ2) is 6.24. The zero-order valence-corrected chi connectivity index (χ0v) is 8.76. The average molecular weight is 216 g/mol. The molecular weight excluding hydrogens is 204 g/mol. The summed E-state index contributed by atoms with van der Waals surface area (Å²) in [5, 5.41) is 0. The molecule has 0 fully saturated rings. The molecule has 1 aromatic heterocycles. The van der Waals surface area contributed by atoms with Crippen molar-refractivity contribution >= 4 is 12.2 Å². The molecule has 16 heavy (non-hydrogen) atoms. The molecule has 3 nitrogen and oxygen atoms in total. The predicted octanol–water partition coefficient (Wildman–Crippen LogP) is 3.21. The fraction of sp³-hybridized carbons (Fsp3) is 0. The van der Waals surface area contributed by atoms with E-state index in [-0.39, 0.29) is 0 Å². The van der Waals surface area contributed by atoms with E-state index in [1.165, 1.54) is 12.5 Å². The van der Waals surface area contributed by atoms with E-state index in [0.29, 0.717) is 0 Å². The van der Waals surface area contributed by atoms with Gasteiger partial charge in [0, 0.05) is 0 Å². The van der Waals surface area contributed by atoms with Gasteiger partial charge in [-0.3, -0.25) is 0 Å². The van der Waals surface area contributed by atoms with Gasteiger partial charge in [0.1, 0.15) is 12.5 Å². The third-order valence-electron chi connectivity index (χ3n) is 1.82. The molecule has 82 valence electrons. The summed E-state index contributed by atoms with van der Waals surface area (Å²) < 4.78 is 8.22. The quantitative estimate of drug-likeness (QED) is 0.774. The molecule has 0 bridgehead atoms. The zero-order valence-electron chi connectivity index (χ0n) is 8.76. The van der Waals surface area contributed by atoms with Crippen molar-refractivity contribution in [3.8, 4) is 0 Å². The van der Waals surface area contributed by atoms with Crippen LogP contribution >= 0.6 is 0 Å². The highest BCUT2D eigenvalue weighted by atomic mass is 16.5. The van der Waals surface area contributed by atoms with Gasteiger partial charge in [0.25, 0.3) is 0 Å².